The summed E-state index contributed by atoms with van der Waals surface area (Å²) in [5.74, 6) is 0.736. The van der Waals surface area contributed by atoms with Crippen molar-refractivity contribution in [3.8, 4) is 44.0 Å². The third-order valence-corrected chi connectivity index (χ3v) is 9.48. The SMILES string of the molecule is [2H]c1ccc([2H])c2c(-c3oc4ccccc4c3-c3cccs3)c3ccccc3c(-c3cccc(-c4cccc5ccccc45)c3)c12. The van der Waals surface area contributed by atoms with E-state index in [4.69, 9.17) is 4.42 Å². The van der Waals surface area contributed by atoms with Crippen LogP contribution in [0.25, 0.3) is 87.3 Å². The van der Waals surface area contributed by atoms with Gasteiger partial charge in [0, 0.05) is 21.4 Å². The van der Waals surface area contributed by atoms with Crippen molar-refractivity contribution in [2.24, 2.45) is 0 Å². The minimum Gasteiger partial charge on any atom is -0.455 e. The number of hydrogen-bond acceptors (Lipinski definition) is 2. The highest BCUT2D eigenvalue weighted by Crippen LogP contribution is 2.49. The van der Waals surface area contributed by atoms with Crippen molar-refractivity contribution in [1.82, 2.24) is 0 Å². The highest BCUT2D eigenvalue weighted by molar-refractivity contribution is 7.13. The van der Waals surface area contributed by atoms with Crippen LogP contribution in [0.3, 0.4) is 0 Å². The van der Waals surface area contributed by atoms with E-state index in [-0.39, 0.29) is 0 Å². The number of furan rings is 1. The maximum Gasteiger partial charge on any atom is 0.145 e. The summed E-state index contributed by atoms with van der Waals surface area (Å²) >= 11 is 1.68. The lowest BCUT2D eigenvalue weighted by Crippen LogP contribution is -1.91. The smallest absolute Gasteiger partial charge is 0.145 e. The molecule has 0 unspecified atom stereocenters. The second-order valence-corrected chi connectivity index (χ2v) is 12.0. The van der Waals surface area contributed by atoms with Crippen LogP contribution in [0.1, 0.15) is 2.74 Å². The molecular formula is C42H26OS. The van der Waals surface area contributed by atoms with Crippen molar-refractivity contribution >= 4 is 54.6 Å². The number of para-hydroxylation sites is 1. The first-order chi connectivity index (χ1) is 22.7. The fourth-order valence-corrected chi connectivity index (χ4v) is 7.50. The average Bonchev–Trinajstić information content (AvgIpc) is 3.77. The van der Waals surface area contributed by atoms with Gasteiger partial charge in [-0.25, -0.2) is 0 Å². The number of hydrogen-bond donors (Lipinski definition) is 0. The number of fused-ring (bicyclic) bond motifs is 4. The van der Waals surface area contributed by atoms with Crippen LogP contribution in [0.2, 0.25) is 0 Å². The van der Waals surface area contributed by atoms with Gasteiger partial charge in [0.25, 0.3) is 0 Å². The molecule has 0 saturated carbocycles. The Hall–Kier alpha value is -5.44. The third kappa shape index (κ3) is 3.85. The van der Waals surface area contributed by atoms with Gasteiger partial charge in [-0.05, 0) is 78.2 Å². The lowest BCUT2D eigenvalue weighted by Gasteiger charge is -2.18. The highest BCUT2D eigenvalue weighted by Gasteiger charge is 2.24. The Morgan fingerprint density at radius 2 is 1.14 bits per heavy atom. The summed E-state index contributed by atoms with van der Waals surface area (Å²) in [6, 6.07) is 48.5. The van der Waals surface area contributed by atoms with E-state index in [1.165, 1.54) is 16.3 Å². The molecule has 0 radical (unpaired) electrons. The molecule has 0 saturated heterocycles. The number of benzene rings is 7. The Balaban J connectivity index is 1.41. The van der Waals surface area contributed by atoms with E-state index in [9.17, 15) is 2.74 Å². The van der Waals surface area contributed by atoms with Gasteiger partial charge < -0.3 is 4.42 Å². The molecule has 0 N–H and O–H groups in total. The molecule has 0 aliphatic carbocycles. The van der Waals surface area contributed by atoms with Gasteiger partial charge >= 0.3 is 0 Å². The van der Waals surface area contributed by atoms with Gasteiger partial charge in [0.15, 0.2) is 0 Å². The van der Waals surface area contributed by atoms with Crippen LogP contribution in [0.15, 0.2) is 161 Å². The molecule has 0 amide bonds. The van der Waals surface area contributed by atoms with Crippen LogP contribution >= 0.6 is 11.3 Å². The summed E-state index contributed by atoms with van der Waals surface area (Å²) in [5.41, 5.74) is 6.95. The molecule has 1 nitrogen and oxygen atoms in total. The molecule has 9 rings (SSSR count). The van der Waals surface area contributed by atoms with Crippen LogP contribution in [-0.4, -0.2) is 0 Å². The second-order valence-electron chi connectivity index (χ2n) is 11.1. The molecular weight excluding hydrogens is 553 g/mol. The lowest BCUT2D eigenvalue weighted by molar-refractivity contribution is 0.634. The maximum absolute atomic E-state index is 9.31. The average molecular weight is 581 g/mol. The first-order valence-electron chi connectivity index (χ1n) is 15.8. The quantitative estimate of drug-likeness (QED) is 0.189. The van der Waals surface area contributed by atoms with Crippen molar-refractivity contribution < 1.29 is 7.16 Å². The molecule has 0 fully saturated rings. The van der Waals surface area contributed by atoms with Gasteiger partial charge in [-0.15, -0.1) is 11.3 Å². The van der Waals surface area contributed by atoms with Gasteiger partial charge in [-0.2, -0.15) is 0 Å². The summed E-state index contributed by atoms with van der Waals surface area (Å²) < 4.78 is 25.4. The zero-order valence-electron chi connectivity index (χ0n) is 25.7. The van der Waals surface area contributed by atoms with E-state index in [0.717, 1.165) is 71.0 Å². The Bertz CT molecular complexity index is 2610. The van der Waals surface area contributed by atoms with Crippen LogP contribution < -0.4 is 0 Å². The fourth-order valence-electron chi connectivity index (χ4n) is 6.72. The molecule has 0 aliphatic rings. The topological polar surface area (TPSA) is 13.1 Å². The van der Waals surface area contributed by atoms with Crippen molar-refractivity contribution in [2.45, 2.75) is 0 Å². The van der Waals surface area contributed by atoms with E-state index in [1.54, 1.807) is 23.5 Å². The second kappa shape index (κ2) is 10.1. The molecule has 2 aromatic heterocycles. The molecule has 9 aromatic rings. The molecule has 0 aliphatic heterocycles. The standard InChI is InChI=1S/C42H26OS/c1-2-16-30-27(12-1)13-10-22-31(30)28-14-9-15-29(26-28)39-32-17-3-5-19-34(32)40(35-20-6-4-18-33(35)39)42-41(38-24-11-25-44-38)36-21-7-8-23-37(36)43-42/h1-26H/i17D,19D. The number of thiophene rings is 1. The van der Waals surface area contributed by atoms with Gasteiger partial charge in [-0.3, -0.25) is 0 Å². The van der Waals surface area contributed by atoms with Crippen molar-refractivity contribution in [1.29, 1.82) is 0 Å². The fraction of sp³-hybridized carbons (Fsp3) is 0. The van der Waals surface area contributed by atoms with Gasteiger partial charge in [0.1, 0.15) is 11.3 Å². The van der Waals surface area contributed by atoms with Gasteiger partial charge in [0.05, 0.1) is 2.74 Å². The molecule has 0 atom stereocenters. The summed E-state index contributed by atoms with van der Waals surface area (Å²) in [6.07, 6.45) is 0. The lowest BCUT2D eigenvalue weighted by atomic mass is 9.86. The minimum absolute atomic E-state index is 0.371. The first-order valence-corrected chi connectivity index (χ1v) is 15.6. The highest BCUT2D eigenvalue weighted by atomic mass is 32.1. The molecule has 0 spiro atoms. The van der Waals surface area contributed by atoms with Gasteiger partial charge in [-0.1, -0.05) is 133 Å². The Kier molecular flexibility index (Phi) is 5.29. The van der Waals surface area contributed by atoms with Crippen molar-refractivity contribution in [2.75, 3.05) is 0 Å². The first kappa shape index (κ1) is 23.1. The van der Waals surface area contributed by atoms with E-state index >= 15 is 0 Å². The van der Waals surface area contributed by atoms with E-state index < -0.39 is 0 Å². The molecule has 2 heteroatoms. The van der Waals surface area contributed by atoms with Crippen molar-refractivity contribution in [3.63, 3.8) is 0 Å². The summed E-state index contributed by atoms with van der Waals surface area (Å²) in [5, 5.41) is 9.03. The Labute approximate surface area is 262 Å². The van der Waals surface area contributed by atoms with Crippen molar-refractivity contribution in [3.05, 3.63) is 157 Å². The van der Waals surface area contributed by atoms with Crippen LogP contribution in [0.5, 0.6) is 0 Å². The van der Waals surface area contributed by atoms with E-state index in [0.29, 0.717) is 12.1 Å². The van der Waals surface area contributed by atoms with Crippen LogP contribution in [0.4, 0.5) is 0 Å². The van der Waals surface area contributed by atoms with E-state index in [2.05, 4.69) is 115 Å². The summed E-state index contributed by atoms with van der Waals surface area (Å²) in [7, 11) is 0. The zero-order valence-corrected chi connectivity index (χ0v) is 24.5. The zero-order chi connectivity index (χ0) is 30.8. The molecule has 7 aromatic carbocycles. The molecule has 2 heterocycles. The molecule has 0 bridgehead atoms. The maximum atomic E-state index is 9.31. The van der Waals surface area contributed by atoms with Gasteiger partial charge in [0.2, 0.25) is 0 Å². The molecule has 44 heavy (non-hydrogen) atoms. The normalized spacial score (nSPS) is 12.3. The summed E-state index contributed by atoms with van der Waals surface area (Å²) in [4.78, 5) is 1.11. The Morgan fingerprint density at radius 3 is 1.95 bits per heavy atom. The predicted molar refractivity (Wildman–Crippen MR) is 188 cm³/mol. The predicted octanol–water partition coefficient (Wildman–Crippen LogP) is 12.6. The summed E-state index contributed by atoms with van der Waals surface area (Å²) in [6.45, 7) is 0. The minimum atomic E-state index is 0.371. The Morgan fingerprint density at radius 1 is 0.477 bits per heavy atom. The van der Waals surface area contributed by atoms with Crippen LogP contribution in [0, 0.1) is 0 Å². The largest absolute Gasteiger partial charge is 0.455 e. The van der Waals surface area contributed by atoms with E-state index in [1.807, 2.05) is 18.2 Å². The van der Waals surface area contributed by atoms with Crippen LogP contribution in [-0.2, 0) is 0 Å². The third-order valence-electron chi connectivity index (χ3n) is 8.60. The number of rotatable bonds is 4. The monoisotopic (exact) mass is 580 g/mol. The molecule has 206 valence electrons.